The summed E-state index contributed by atoms with van der Waals surface area (Å²) in [7, 11) is 0. The Labute approximate surface area is 97.4 Å². The first kappa shape index (κ1) is 11.9. The van der Waals surface area contributed by atoms with Crippen LogP contribution in [0.2, 0.25) is 0 Å². The van der Waals surface area contributed by atoms with Crippen LogP contribution in [0, 0.1) is 45.3 Å². The largest absolute Gasteiger partial charge is 0.294 e. The van der Waals surface area contributed by atoms with Gasteiger partial charge < -0.3 is 0 Å². The lowest BCUT2D eigenvalue weighted by atomic mass is 9.92. The Hall–Kier alpha value is -3.15. The molecule has 0 atom stereocenters. The van der Waals surface area contributed by atoms with E-state index in [0.29, 0.717) is 0 Å². The van der Waals surface area contributed by atoms with E-state index in [-0.39, 0.29) is 27.8 Å². The van der Waals surface area contributed by atoms with Crippen LogP contribution in [-0.4, -0.2) is 5.78 Å². The van der Waals surface area contributed by atoms with E-state index < -0.39 is 5.78 Å². The molecule has 0 radical (unpaired) electrons. The fourth-order valence-electron chi connectivity index (χ4n) is 1.39. The second-order valence-electron chi connectivity index (χ2n) is 3.10. The maximum atomic E-state index is 11.3. The number of carbonyl (C=O) groups is 1. The lowest BCUT2D eigenvalue weighted by Crippen LogP contribution is -2.04. The average Bonchev–Trinajstić information content (AvgIpc) is 2.35. The number of nitriles is 4. The van der Waals surface area contributed by atoms with Crippen LogP contribution in [0.3, 0.4) is 0 Å². The minimum atomic E-state index is -0.431. The van der Waals surface area contributed by atoms with Crippen LogP contribution in [0.15, 0.2) is 6.07 Å². The molecule has 0 bridgehead atoms. The highest BCUT2D eigenvalue weighted by Crippen LogP contribution is 2.22. The van der Waals surface area contributed by atoms with E-state index in [9.17, 15) is 4.79 Å². The third-order valence-electron chi connectivity index (χ3n) is 2.16. The van der Waals surface area contributed by atoms with Crippen molar-refractivity contribution in [2.45, 2.75) is 6.92 Å². The maximum absolute atomic E-state index is 11.3. The molecule has 0 N–H and O–H groups in total. The van der Waals surface area contributed by atoms with E-state index in [4.69, 9.17) is 21.0 Å². The Morgan fingerprint density at radius 1 is 0.941 bits per heavy atom. The number of carbonyl (C=O) groups excluding carboxylic acids is 1. The average molecular weight is 220 g/mol. The molecule has 1 aromatic rings. The molecular weight excluding hydrogens is 216 g/mol. The van der Waals surface area contributed by atoms with Crippen LogP contribution >= 0.6 is 0 Å². The molecule has 5 nitrogen and oxygen atoms in total. The van der Waals surface area contributed by atoms with Gasteiger partial charge in [-0.25, -0.2) is 0 Å². The minimum absolute atomic E-state index is 0.0143. The fraction of sp³-hybridized carbons (Fsp3) is 0.0833. The Kier molecular flexibility index (Phi) is 3.21. The van der Waals surface area contributed by atoms with Crippen molar-refractivity contribution in [1.82, 2.24) is 0 Å². The van der Waals surface area contributed by atoms with Crippen LogP contribution in [0.1, 0.15) is 39.5 Å². The Balaban J connectivity index is 3.93. The van der Waals surface area contributed by atoms with Gasteiger partial charge >= 0.3 is 0 Å². The van der Waals surface area contributed by atoms with E-state index in [1.54, 1.807) is 24.3 Å². The molecule has 0 aromatic heterocycles. The third kappa shape index (κ3) is 1.82. The van der Waals surface area contributed by atoms with Crippen molar-refractivity contribution in [3.63, 3.8) is 0 Å². The molecule has 0 aliphatic rings. The van der Waals surface area contributed by atoms with Gasteiger partial charge in [0.2, 0.25) is 0 Å². The summed E-state index contributed by atoms with van der Waals surface area (Å²) in [6.07, 6.45) is 0. The predicted molar refractivity (Wildman–Crippen MR) is 55.3 cm³/mol. The number of ketones is 1. The topological polar surface area (TPSA) is 112 Å². The molecule has 1 rings (SSSR count). The number of hydrogen-bond acceptors (Lipinski definition) is 5. The molecule has 0 saturated carbocycles. The smallest absolute Gasteiger partial charge is 0.161 e. The van der Waals surface area contributed by atoms with Gasteiger partial charge in [0.05, 0.1) is 22.3 Å². The van der Waals surface area contributed by atoms with E-state index in [0.717, 1.165) is 0 Å². The summed E-state index contributed by atoms with van der Waals surface area (Å²) in [5.74, 6) is -0.431. The molecule has 0 fully saturated rings. The van der Waals surface area contributed by atoms with Gasteiger partial charge in [0.15, 0.2) is 5.78 Å². The molecular formula is C12H4N4O. The van der Waals surface area contributed by atoms with Gasteiger partial charge in [0.1, 0.15) is 24.3 Å². The zero-order valence-corrected chi connectivity index (χ0v) is 8.77. The molecule has 0 amide bonds. The zero-order valence-electron chi connectivity index (χ0n) is 8.77. The number of rotatable bonds is 1. The summed E-state index contributed by atoms with van der Waals surface area (Å²) in [6, 6.07) is 8.01. The van der Waals surface area contributed by atoms with Gasteiger partial charge in [-0.3, -0.25) is 4.79 Å². The maximum Gasteiger partial charge on any atom is 0.161 e. The highest BCUT2D eigenvalue weighted by molar-refractivity contribution is 5.98. The van der Waals surface area contributed by atoms with Crippen molar-refractivity contribution in [3.8, 4) is 24.3 Å². The summed E-state index contributed by atoms with van der Waals surface area (Å²) in [5.41, 5.74) is -0.640. The number of nitrogens with zero attached hydrogens (tertiary/aromatic N) is 4. The fourth-order valence-corrected chi connectivity index (χ4v) is 1.39. The van der Waals surface area contributed by atoms with E-state index >= 15 is 0 Å². The molecule has 0 spiro atoms. The lowest BCUT2D eigenvalue weighted by molar-refractivity contribution is 0.101. The van der Waals surface area contributed by atoms with Gasteiger partial charge in [-0.1, -0.05) is 0 Å². The summed E-state index contributed by atoms with van der Waals surface area (Å²) >= 11 is 0. The van der Waals surface area contributed by atoms with Gasteiger partial charge in [-0.2, -0.15) is 21.0 Å². The van der Waals surface area contributed by atoms with Crippen molar-refractivity contribution >= 4 is 5.78 Å². The predicted octanol–water partition coefficient (Wildman–Crippen LogP) is 1.38. The van der Waals surface area contributed by atoms with Crippen molar-refractivity contribution in [3.05, 3.63) is 33.9 Å². The van der Waals surface area contributed by atoms with Crippen LogP contribution in [0.4, 0.5) is 0 Å². The molecule has 0 unspecified atom stereocenters. The highest BCUT2D eigenvalue weighted by atomic mass is 16.1. The van der Waals surface area contributed by atoms with Crippen LogP contribution in [0.5, 0.6) is 0 Å². The van der Waals surface area contributed by atoms with Crippen LogP contribution < -0.4 is 0 Å². The highest BCUT2D eigenvalue weighted by Gasteiger charge is 2.19. The third-order valence-corrected chi connectivity index (χ3v) is 2.16. The van der Waals surface area contributed by atoms with E-state index in [1.165, 1.54) is 13.0 Å². The molecule has 0 saturated heterocycles. The zero-order chi connectivity index (χ0) is 13.0. The monoisotopic (exact) mass is 220 g/mol. The molecule has 0 aliphatic heterocycles. The van der Waals surface area contributed by atoms with Crippen LogP contribution in [-0.2, 0) is 0 Å². The van der Waals surface area contributed by atoms with Gasteiger partial charge in [0, 0.05) is 5.56 Å². The van der Waals surface area contributed by atoms with Crippen LogP contribution in [0.25, 0.3) is 0 Å². The van der Waals surface area contributed by atoms with Crippen molar-refractivity contribution < 1.29 is 4.79 Å². The van der Waals surface area contributed by atoms with E-state index in [2.05, 4.69) is 0 Å². The first-order valence-corrected chi connectivity index (χ1v) is 4.43. The Morgan fingerprint density at radius 3 is 1.82 bits per heavy atom. The molecule has 0 heterocycles. The Morgan fingerprint density at radius 2 is 1.47 bits per heavy atom. The molecule has 5 heteroatoms. The van der Waals surface area contributed by atoms with E-state index in [1.807, 2.05) is 0 Å². The lowest BCUT2D eigenvalue weighted by Gasteiger charge is -2.05. The number of benzene rings is 1. The summed E-state index contributed by atoms with van der Waals surface area (Å²) in [5, 5.41) is 35.5. The minimum Gasteiger partial charge on any atom is -0.294 e. The first-order valence-electron chi connectivity index (χ1n) is 4.43. The molecule has 17 heavy (non-hydrogen) atoms. The Bertz CT molecular complexity index is 675. The standard InChI is InChI=1S/C12H4N4O/c1-7(17)9-2-8(3-13)10(4-14)12(6-16)11(9)5-15/h2H,1H3. The molecule has 0 aliphatic carbocycles. The van der Waals surface area contributed by atoms with Gasteiger partial charge in [-0.15, -0.1) is 0 Å². The van der Waals surface area contributed by atoms with Gasteiger partial charge in [-0.05, 0) is 13.0 Å². The summed E-state index contributed by atoms with van der Waals surface area (Å²) in [6.45, 7) is 1.23. The molecule has 78 valence electrons. The number of Topliss-reactive ketones (excluding diaryl/α,β-unsaturated/α-hetero) is 1. The first-order chi connectivity index (χ1) is 8.10. The van der Waals surface area contributed by atoms with Crippen molar-refractivity contribution in [2.75, 3.05) is 0 Å². The second-order valence-corrected chi connectivity index (χ2v) is 3.10. The molecule has 1 aromatic carbocycles. The van der Waals surface area contributed by atoms with Crippen molar-refractivity contribution in [2.24, 2.45) is 0 Å². The summed E-state index contributed by atoms with van der Waals surface area (Å²) < 4.78 is 0. The SMILES string of the molecule is CC(=O)c1cc(C#N)c(C#N)c(C#N)c1C#N. The summed E-state index contributed by atoms with van der Waals surface area (Å²) in [4.78, 5) is 11.3. The van der Waals surface area contributed by atoms with Crippen molar-refractivity contribution in [1.29, 1.82) is 21.0 Å². The number of hydrogen-bond donors (Lipinski definition) is 0. The normalized spacial score (nSPS) is 8.29. The quantitative estimate of drug-likeness (QED) is 0.663. The van der Waals surface area contributed by atoms with Gasteiger partial charge in [0.25, 0.3) is 0 Å². The second kappa shape index (κ2) is 4.58.